The van der Waals surface area contributed by atoms with Gasteiger partial charge in [0.15, 0.2) is 0 Å². The number of methoxy groups -OCH3 is 1. The number of carbonyl (C=O) groups is 1. The van der Waals surface area contributed by atoms with Crippen LogP contribution in [0.4, 0.5) is 4.39 Å². The highest BCUT2D eigenvalue weighted by Crippen LogP contribution is 2.33. The van der Waals surface area contributed by atoms with Crippen LogP contribution in [0.3, 0.4) is 0 Å². The lowest BCUT2D eigenvalue weighted by Crippen LogP contribution is -2.34. The maximum atomic E-state index is 13.9. The number of carbonyl (C=O) groups excluding carboxylic acids is 1. The van der Waals surface area contributed by atoms with Gasteiger partial charge in [0.2, 0.25) is 5.91 Å². The summed E-state index contributed by atoms with van der Waals surface area (Å²) in [6.45, 7) is 4.37. The Morgan fingerprint density at radius 1 is 1.24 bits per heavy atom. The number of rotatable bonds is 14. The Hall–Kier alpha value is -2.08. The third-order valence-corrected chi connectivity index (χ3v) is 7.27. The van der Waals surface area contributed by atoms with Crippen molar-refractivity contribution in [2.75, 3.05) is 7.11 Å². The Balaban J connectivity index is 1.84. The van der Waals surface area contributed by atoms with Crippen LogP contribution in [0.5, 0.6) is 5.75 Å². The summed E-state index contributed by atoms with van der Waals surface area (Å²) in [5.41, 5.74) is 2.33. The third kappa shape index (κ3) is 8.94. The summed E-state index contributed by atoms with van der Waals surface area (Å²) in [5, 5.41) is 11.2. The molecule has 1 heterocycles. The number of nitrogens with one attached hydrogen (secondary N) is 2. The van der Waals surface area contributed by atoms with Crippen LogP contribution in [0.15, 0.2) is 24.3 Å². The van der Waals surface area contributed by atoms with Crippen molar-refractivity contribution >= 4 is 34.4 Å². The van der Waals surface area contributed by atoms with Crippen molar-refractivity contribution < 1.29 is 13.9 Å². The van der Waals surface area contributed by atoms with Gasteiger partial charge in [0.25, 0.3) is 0 Å². The van der Waals surface area contributed by atoms with Crippen LogP contribution in [0.25, 0.3) is 5.57 Å². The van der Waals surface area contributed by atoms with Gasteiger partial charge in [-0.1, -0.05) is 58.2 Å². The summed E-state index contributed by atoms with van der Waals surface area (Å²) in [7, 11) is 1.55. The molecule has 1 aromatic carbocycles. The van der Waals surface area contributed by atoms with Crippen LogP contribution in [-0.4, -0.2) is 23.7 Å². The average Bonchev–Trinajstić information content (AvgIpc) is 2.81. The Morgan fingerprint density at radius 3 is 2.71 bits per heavy atom. The summed E-state index contributed by atoms with van der Waals surface area (Å²) in [4.78, 5) is 13.1. The van der Waals surface area contributed by atoms with E-state index in [9.17, 15) is 9.18 Å². The average molecular weight is 489 g/mol. The van der Waals surface area contributed by atoms with Gasteiger partial charge in [0.1, 0.15) is 11.6 Å². The Bertz CT molecular complexity index is 868. The number of unbranched alkanes of at least 4 members (excludes halogenated alkanes) is 4. The molecule has 6 heteroatoms. The zero-order valence-corrected chi connectivity index (χ0v) is 21.9. The topological polar surface area (TPSA) is 62.2 Å². The summed E-state index contributed by atoms with van der Waals surface area (Å²) in [6.07, 6.45) is 13.8. The maximum Gasteiger partial charge on any atom is 0.249 e. The van der Waals surface area contributed by atoms with Gasteiger partial charge in [-0.15, -0.1) is 0 Å². The first-order chi connectivity index (χ1) is 16.4. The summed E-state index contributed by atoms with van der Waals surface area (Å²) < 4.78 is 19.3. The zero-order chi connectivity index (χ0) is 24.9. The smallest absolute Gasteiger partial charge is 0.249 e. The maximum absolute atomic E-state index is 13.9. The number of benzene rings is 1. The van der Waals surface area contributed by atoms with E-state index in [0.29, 0.717) is 28.6 Å². The van der Waals surface area contributed by atoms with Crippen LogP contribution in [0, 0.1) is 23.1 Å². The molecule has 1 amide bonds. The van der Waals surface area contributed by atoms with Crippen molar-refractivity contribution in [3.63, 3.8) is 0 Å². The van der Waals surface area contributed by atoms with E-state index in [1.54, 1.807) is 13.2 Å². The first-order valence-corrected chi connectivity index (χ1v) is 13.3. The van der Waals surface area contributed by atoms with E-state index in [1.165, 1.54) is 18.2 Å². The van der Waals surface area contributed by atoms with Gasteiger partial charge >= 0.3 is 0 Å². The molecule has 2 atom stereocenters. The van der Waals surface area contributed by atoms with Crippen LogP contribution in [0.1, 0.15) is 96.5 Å². The highest BCUT2D eigenvalue weighted by atomic mass is 32.1. The predicted molar refractivity (Wildman–Crippen MR) is 143 cm³/mol. The molecular weight excluding hydrogens is 447 g/mol. The Morgan fingerprint density at radius 2 is 2.00 bits per heavy atom. The third-order valence-electron chi connectivity index (χ3n) is 6.83. The fourth-order valence-electron chi connectivity index (χ4n) is 4.70. The predicted octanol–water partition coefficient (Wildman–Crippen LogP) is 7.65. The molecule has 2 rings (SSSR count). The molecule has 0 saturated carbocycles. The minimum Gasteiger partial charge on any atom is -0.496 e. The van der Waals surface area contributed by atoms with Crippen molar-refractivity contribution in [2.45, 2.75) is 90.9 Å². The lowest BCUT2D eigenvalue weighted by Gasteiger charge is -2.23. The van der Waals surface area contributed by atoms with Gasteiger partial charge in [0, 0.05) is 23.3 Å². The first kappa shape index (κ1) is 28.2. The van der Waals surface area contributed by atoms with Crippen molar-refractivity contribution in [3.05, 3.63) is 35.7 Å². The minimum absolute atomic E-state index is 0.132. The molecular formula is C28H41FN2O2S. The SMILES string of the molecule is CCCCC(=N)C(CC)CCCCCCC1CCC(c2cc(F)ccc2OC)=CC(=O)NC1=S. The van der Waals surface area contributed by atoms with Gasteiger partial charge in [0.05, 0.1) is 12.1 Å². The molecule has 4 nitrogen and oxygen atoms in total. The van der Waals surface area contributed by atoms with Crippen LogP contribution < -0.4 is 10.1 Å². The second-order valence-electron chi connectivity index (χ2n) is 9.33. The van der Waals surface area contributed by atoms with Gasteiger partial charge in [-0.05, 0) is 74.6 Å². The molecule has 0 fully saturated rings. The number of ether oxygens (including phenoxy) is 1. The lowest BCUT2D eigenvalue weighted by molar-refractivity contribution is -0.115. The highest BCUT2D eigenvalue weighted by molar-refractivity contribution is 7.80. The minimum atomic E-state index is -0.350. The van der Waals surface area contributed by atoms with E-state index < -0.39 is 0 Å². The lowest BCUT2D eigenvalue weighted by atomic mass is 9.88. The van der Waals surface area contributed by atoms with Gasteiger partial charge < -0.3 is 15.5 Å². The standard InChI is InChI=1S/C28H41FN2O2S/c1-4-6-13-25(30)20(5-2)11-9-7-8-10-12-21-14-15-22(18-27(32)31-28(21)34)24-19-23(29)16-17-26(24)33-3/h16-21,30H,4-15H2,1-3H3,(H,31,32,34). The molecule has 2 unspecified atom stereocenters. The van der Waals surface area contributed by atoms with Crippen LogP contribution in [0.2, 0.25) is 0 Å². The summed E-state index contributed by atoms with van der Waals surface area (Å²) in [5.74, 6) is 0.523. The molecule has 34 heavy (non-hydrogen) atoms. The number of thiocarbonyl (C=S) groups is 1. The quantitative estimate of drug-likeness (QED) is 0.161. The number of halogens is 1. The largest absolute Gasteiger partial charge is 0.496 e. The van der Waals surface area contributed by atoms with Gasteiger partial charge in [-0.3, -0.25) is 4.79 Å². The molecule has 1 aliphatic rings. The fourth-order valence-corrected chi connectivity index (χ4v) is 5.04. The fraction of sp³-hybridized carbons (Fsp3) is 0.607. The molecule has 0 radical (unpaired) electrons. The van der Waals surface area contributed by atoms with E-state index in [-0.39, 0.29) is 17.6 Å². The normalized spacial score (nSPS) is 17.4. The van der Waals surface area contributed by atoms with Gasteiger partial charge in [-0.2, -0.15) is 0 Å². The molecule has 0 spiro atoms. The monoisotopic (exact) mass is 488 g/mol. The van der Waals surface area contributed by atoms with E-state index in [0.717, 1.165) is 81.9 Å². The molecule has 0 saturated heterocycles. The summed E-state index contributed by atoms with van der Waals surface area (Å²) >= 11 is 5.52. The van der Waals surface area contributed by atoms with E-state index in [2.05, 4.69) is 19.2 Å². The number of allylic oxidation sites excluding steroid dienone is 1. The Kier molecular flexibility index (Phi) is 12.4. The Labute approximate surface area is 210 Å². The molecule has 0 aromatic heterocycles. The molecule has 1 aliphatic heterocycles. The van der Waals surface area contributed by atoms with Crippen molar-refractivity contribution in [3.8, 4) is 5.75 Å². The van der Waals surface area contributed by atoms with Crippen LogP contribution >= 0.6 is 12.2 Å². The number of hydrogen-bond acceptors (Lipinski definition) is 4. The number of hydrogen-bond donors (Lipinski definition) is 2. The molecule has 1 aromatic rings. The van der Waals surface area contributed by atoms with Crippen molar-refractivity contribution in [1.29, 1.82) is 5.41 Å². The van der Waals surface area contributed by atoms with Gasteiger partial charge in [-0.25, -0.2) is 4.39 Å². The summed E-state index contributed by atoms with van der Waals surface area (Å²) in [6, 6.07) is 4.39. The van der Waals surface area contributed by atoms with E-state index in [1.807, 2.05) is 0 Å². The second kappa shape index (κ2) is 15.0. The first-order valence-electron chi connectivity index (χ1n) is 12.9. The van der Waals surface area contributed by atoms with Crippen LogP contribution in [-0.2, 0) is 4.79 Å². The highest BCUT2D eigenvalue weighted by Gasteiger charge is 2.22. The van der Waals surface area contributed by atoms with E-state index >= 15 is 0 Å². The molecule has 0 aliphatic carbocycles. The van der Waals surface area contributed by atoms with Crippen molar-refractivity contribution in [1.82, 2.24) is 5.32 Å². The molecule has 188 valence electrons. The van der Waals surface area contributed by atoms with E-state index in [4.69, 9.17) is 22.4 Å². The second-order valence-corrected chi connectivity index (χ2v) is 9.77. The number of amides is 1. The molecule has 2 N–H and O–H groups in total. The van der Waals surface area contributed by atoms with Crippen molar-refractivity contribution in [2.24, 2.45) is 11.8 Å². The zero-order valence-electron chi connectivity index (χ0n) is 21.1. The molecule has 0 bridgehead atoms.